The summed E-state index contributed by atoms with van der Waals surface area (Å²) in [6.07, 6.45) is 0. The van der Waals surface area contributed by atoms with Gasteiger partial charge in [-0.15, -0.1) is 0 Å². The van der Waals surface area contributed by atoms with Gasteiger partial charge in [0, 0.05) is 0 Å². The molecule has 3 nitrogen and oxygen atoms in total. The summed E-state index contributed by atoms with van der Waals surface area (Å²) in [5.41, 5.74) is 5.03. The topological polar surface area (TPSA) is 27.7 Å². The molecule has 2 aromatic rings. The van der Waals surface area contributed by atoms with Crippen LogP contribution in [0.15, 0.2) is 36.4 Å². The maximum Gasteiger partial charge on any atom is 0.119 e. The predicted octanol–water partition coefficient (Wildman–Crippen LogP) is 4.39. The molecule has 2 aromatic carbocycles. The van der Waals surface area contributed by atoms with Gasteiger partial charge in [-0.3, -0.25) is 0 Å². The first-order valence-electron chi connectivity index (χ1n) is 8.04. The van der Waals surface area contributed by atoms with Crippen molar-refractivity contribution >= 4 is 0 Å². The van der Waals surface area contributed by atoms with Gasteiger partial charge in [0.15, 0.2) is 0 Å². The van der Waals surface area contributed by atoms with Gasteiger partial charge >= 0.3 is 0 Å². The molecule has 0 atom stereocenters. The van der Waals surface area contributed by atoms with Crippen molar-refractivity contribution in [1.29, 1.82) is 0 Å². The van der Waals surface area contributed by atoms with Crippen LogP contribution in [0.4, 0.5) is 0 Å². The molecule has 0 unspecified atom stereocenters. The van der Waals surface area contributed by atoms with Crippen molar-refractivity contribution in [2.45, 2.75) is 27.7 Å². The third-order valence-corrected chi connectivity index (χ3v) is 3.95. The van der Waals surface area contributed by atoms with E-state index in [4.69, 9.17) is 14.2 Å². The zero-order chi connectivity index (χ0) is 16.7. The summed E-state index contributed by atoms with van der Waals surface area (Å²) in [6, 6.07) is 12.2. The molecule has 0 N–H and O–H groups in total. The van der Waals surface area contributed by atoms with Crippen LogP contribution in [0, 0.1) is 27.7 Å². The van der Waals surface area contributed by atoms with Crippen molar-refractivity contribution in [2.24, 2.45) is 0 Å². The van der Waals surface area contributed by atoms with Crippen molar-refractivity contribution < 1.29 is 14.2 Å². The largest absolute Gasteiger partial charge is 0.491 e. The van der Waals surface area contributed by atoms with Gasteiger partial charge < -0.3 is 14.2 Å². The average Bonchev–Trinajstić information content (AvgIpc) is 2.53. The molecule has 2 rings (SSSR count). The van der Waals surface area contributed by atoms with E-state index in [-0.39, 0.29) is 0 Å². The minimum absolute atomic E-state index is 0.548. The summed E-state index contributed by atoms with van der Waals surface area (Å²) in [7, 11) is 0. The minimum atomic E-state index is 0.548. The third-order valence-electron chi connectivity index (χ3n) is 3.95. The second kappa shape index (κ2) is 8.59. The number of rotatable bonds is 8. The van der Waals surface area contributed by atoms with Crippen LogP contribution in [-0.4, -0.2) is 26.4 Å². The zero-order valence-electron chi connectivity index (χ0n) is 14.5. The van der Waals surface area contributed by atoms with Crippen LogP contribution < -0.4 is 9.47 Å². The Kier molecular flexibility index (Phi) is 6.48. The second-order valence-electron chi connectivity index (χ2n) is 5.80. The van der Waals surface area contributed by atoms with Crippen LogP contribution in [0.25, 0.3) is 0 Å². The third kappa shape index (κ3) is 5.61. The summed E-state index contributed by atoms with van der Waals surface area (Å²) in [5.74, 6) is 1.78. The molecule has 0 spiro atoms. The molecule has 0 aliphatic rings. The lowest BCUT2D eigenvalue weighted by molar-refractivity contribution is 0.0764. The van der Waals surface area contributed by atoms with Gasteiger partial charge in [0.25, 0.3) is 0 Å². The summed E-state index contributed by atoms with van der Waals surface area (Å²) >= 11 is 0. The van der Waals surface area contributed by atoms with Gasteiger partial charge in [0.2, 0.25) is 0 Å². The lowest BCUT2D eigenvalue weighted by Gasteiger charge is -2.10. The maximum absolute atomic E-state index is 5.67. The monoisotopic (exact) mass is 314 g/mol. The molecule has 0 bridgehead atoms. The molecule has 0 saturated heterocycles. The maximum atomic E-state index is 5.67. The zero-order valence-corrected chi connectivity index (χ0v) is 14.5. The molecule has 0 saturated carbocycles. The fourth-order valence-electron chi connectivity index (χ4n) is 2.15. The summed E-state index contributed by atoms with van der Waals surface area (Å²) < 4.78 is 16.9. The van der Waals surface area contributed by atoms with Crippen LogP contribution in [0.5, 0.6) is 11.5 Å². The molecule has 0 heterocycles. The Bertz CT molecular complexity index is 579. The number of hydrogen-bond donors (Lipinski definition) is 0. The molecule has 0 radical (unpaired) electrons. The molecule has 0 aliphatic carbocycles. The SMILES string of the molecule is Cc1ccc(OCCOCCOc2ccc(C)c(C)c2)cc1C. The Morgan fingerprint density at radius 3 is 1.39 bits per heavy atom. The van der Waals surface area contributed by atoms with Gasteiger partial charge in [0.05, 0.1) is 13.2 Å². The fourth-order valence-corrected chi connectivity index (χ4v) is 2.15. The Morgan fingerprint density at radius 2 is 1.00 bits per heavy atom. The van der Waals surface area contributed by atoms with Gasteiger partial charge in [-0.1, -0.05) is 12.1 Å². The molecular weight excluding hydrogens is 288 g/mol. The van der Waals surface area contributed by atoms with Gasteiger partial charge in [0.1, 0.15) is 24.7 Å². The van der Waals surface area contributed by atoms with Crippen LogP contribution >= 0.6 is 0 Å². The average molecular weight is 314 g/mol. The van der Waals surface area contributed by atoms with Crippen molar-refractivity contribution in [3.63, 3.8) is 0 Å². The number of hydrogen-bond acceptors (Lipinski definition) is 3. The molecular formula is C20H26O3. The lowest BCUT2D eigenvalue weighted by atomic mass is 10.1. The van der Waals surface area contributed by atoms with E-state index in [0.717, 1.165) is 11.5 Å². The molecule has 0 aromatic heterocycles. The molecule has 0 amide bonds. The minimum Gasteiger partial charge on any atom is -0.491 e. The molecule has 0 fully saturated rings. The highest BCUT2D eigenvalue weighted by atomic mass is 16.5. The number of aryl methyl sites for hydroxylation is 4. The summed E-state index contributed by atoms with van der Waals surface area (Å²) in [4.78, 5) is 0. The van der Waals surface area contributed by atoms with E-state index in [1.807, 2.05) is 12.1 Å². The van der Waals surface area contributed by atoms with Crippen LogP contribution in [-0.2, 0) is 4.74 Å². The summed E-state index contributed by atoms with van der Waals surface area (Å²) in [6.45, 7) is 10.6. The molecule has 23 heavy (non-hydrogen) atoms. The van der Waals surface area contributed by atoms with Crippen LogP contribution in [0.1, 0.15) is 22.3 Å². The first-order valence-corrected chi connectivity index (χ1v) is 8.04. The van der Waals surface area contributed by atoms with E-state index in [1.165, 1.54) is 22.3 Å². The van der Waals surface area contributed by atoms with E-state index in [1.54, 1.807) is 0 Å². The lowest BCUT2D eigenvalue weighted by Crippen LogP contribution is -2.12. The highest BCUT2D eigenvalue weighted by Gasteiger charge is 1.99. The Morgan fingerprint density at radius 1 is 0.565 bits per heavy atom. The standard InChI is InChI=1S/C20H26O3/c1-15-5-7-19(13-17(15)3)22-11-9-21-10-12-23-20-8-6-16(2)18(4)14-20/h5-8,13-14H,9-12H2,1-4H3. The van der Waals surface area contributed by atoms with E-state index in [2.05, 4.69) is 52.0 Å². The van der Waals surface area contributed by atoms with Gasteiger partial charge in [-0.2, -0.15) is 0 Å². The summed E-state index contributed by atoms with van der Waals surface area (Å²) in [5, 5.41) is 0. The molecule has 124 valence electrons. The van der Waals surface area contributed by atoms with Crippen molar-refractivity contribution in [3.05, 3.63) is 58.7 Å². The van der Waals surface area contributed by atoms with Crippen molar-refractivity contribution in [3.8, 4) is 11.5 Å². The fraction of sp³-hybridized carbons (Fsp3) is 0.400. The van der Waals surface area contributed by atoms with Gasteiger partial charge in [-0.05, 0) is 74.2 Å². The van der Waals surface area contributed by atoms with Gasteiger partial charge in [-0.25, -0.2) is 0 Å². The highest BCUT2D eigenvalue weighted by Crippen LogP contribution is 2.17. The number of ether oxygens (including phenoxy) is 3. The highest BCUT2D eigenvalue weighted by molar-refractivity contribution is 5.34. The predicted molar refractivity (Wildman–Crippen MR) is 93.6 cm³/mol. The van der Waals surface area contributed by atoms with E-state index >= 15 is 0 Å². The van der Waals surface area contributed by atoms with E-state index in [9.17, 15) is 0 Å². The Balaban J connectivity index is 1.58. The number of benzene rings is 2. The smallest absolute Gasteiger partial charge is 0.119 e. The van der Waals surface area contributed by atoms with E-state index < -0.39 is 0 Å². The Hall–Kier alpha value is -2.00. The second-order valence-corrected chi connectivity index (χ2v) is 5.80. The van der Waals surface area contributed by atoms with Crippen LogP contribution in [0.2, 0.25) is 0 Å². The van der Waals surface area contributed by atoms with Crippen LogP contribution in [0.3, 0.4) is 0 Å². The normalized spacial score (nSPS) is 10.6. The van der Waals surface area contributed by atoms with E-state index in [0.29, 0.717) is 26.4 Å². The molecule has 3 heteroatoms. The van der Waals surface area contributed by atoms with Crippen molar-refractivity contribution in [1.82, 2.24) is 0 Å². The first-order chi connectivity index (χ1) is 11.1. The molecule has 0 aliphatic heterocycles. The quantitative estimate of drug-likeness (QED) is 0.676. The first kappa shape index (κ1) is 17.4. The Labute approximate surface area is 139 Å². The van der Waals surface area contributed by atoms with Crippen molar-refractivity contribution in [2.75, 3.05) is 26.4 Å².